The van der Waals surface area contributed by atoms with Crippen LogP contribution < -0.4 is 11.3 Å². The number of nitrogens with one attached hydrogen (secondary N) is 1. The van der Waals surface area contributed by atoms with Crippen LogP contribution in [0.15, 0.2) is 6.20 Å². The number of nitrogens with zero attached hydrogens (tertiary/aromatic N) is 4. The average molecular weight is 294 g/mol. The zero-order chi connectivity index (χ0) is 13.9. The molecular formula is C12H18N6OS. The van der Waals surface area contributed by atoms with E-state index in [2.05, 4.69) is 20.5 Å². The third-order valence-corrected chi connectivity index (χ3v) is 4.76. The van der Waals surface area contributed by atoms with Crippen LogP contribution in [0.25, 0.3) is 11.0 Å². The van der Waals surface area contributed by atoms with E-state index in [1.54, 1.807) is 10.9 Å². The highest BCUT2D eigenvalue weighted by atomic mass is 32.2. The Kier molecular flexibility index (Phi) is 4.04. The molecule has 3 N–H and O–H groups in total. The molecule has 0 saturated carbocycles. The molecule has 0 radical (unpaired) electrons. The lowest BCUT2D eigenvalue weighted by Gasteiger charge is -2.21. The molecule has 2 aromatic rings. The molecule has 0 bridgehead atoms. The van der Waals surface area contributed by atoms with Crippen molar-refractivity contribution in [3.8, 4) is 0 Å². The van der Waals surface area contributed by atoms with Gasteiger partial charge in [0.1, 0.15) is 5.82 Å². The second-order valence-corrected chi connectivity index (χ2v) is 6.05. The molecule has 0 spiro atoms. The Bertz CT molecular complexity index is 595. The van der Waals surface area contributed by atoms with Crippen LogP contribution in [0.1, 0.15) is 18.7 Å². The van der Waals surface area contributed by atoms with Crippen LogP contribution in [0.5, 0.6) is 0 Å². The van der Waals surface area contributed by atoms with Gasteiger partial charge in [-0.3, -0.25) is 4.68 Å². The first-order chi connectivity index (χ1) is 9.78. The highest BCUT2D eigenvalue weighted by Gasteiger charge is 2.16. The van der Waals surface area contributed by atoms with Crippen molar-refractivity contribution in [3.05, 3.63) is 12.0 Å². The van der Waals surface area contributed by atoms with Gasteiger partial charge in [0.25, 0.3) is 0 Å². The standard InChI is InChI=1S/C12H18N6OS/c1-18-12-9(6-14-18)11(17-13)15-10(16-12)7-20-8-2-4-19-5-3-8/h6,8H,2-5,7,13H2,1H3,(H,15,16,17). The molecule has 20 heavy (non-hydrogen) atoms. The molecule has 1 saturated heterocycles. The van der Waals surface area contributed by atoms with E-state index in [-0.39, 0.29) is 0 Å². The first-order valence-corrected chi connectivity index (χ1v) is 7.67. The van der Waals surface area contributed by atoms with E-state index in [4.69, 9.17) is 10.6 Å². The van der Waals surface area contributed by atoms with E-state index >= 15 is 0 Å². The first-order valence-electron chi connectivity index (χ1n) is 6.62. The second kappa shape index (κ2) is 5.94. The molecule has 0 amide bonds. The van der Waals surface area contributed by atoms with Gasteiger partial charge >= 0.3 is 0 Å². The number of anilines is 1. The topological polar surface area (TPSA) is 90.9 Å². The number of nitrogen functional groups attached to an aromatic ring is 1. The quantitative estimate of drug-likeness (QED) is 0.643. The van der Waals surface area contributed by atoms with E-state index in [1.165, 1.54) is 0 Å². The predicted molar refractivity (Wildman–Crippen MR) is 79.3 cm³/mol. The third-order valence-electron chi connectivity index (χ3n) is 3.39. The van der Waals surface area contributed by atoms with Gasteiger partial charge in [0.05, 0.1) is 17.3 Å². The number of rotatable bonds is 4. The highest BCUT2D eigenvalue weighted by Crippen LogP contribution is 2.26. The maximum atomic E-state index is 5.53. The van der Waals surface area contributed by atoms with Crippen LogP contribution in [0, 0.1) is 0 Å². The van der Waals surface area contributed by atoms with E-state index in [0.717, 1.165) is 48.7 Å². The minimum absolute atomic E-state index is 0.629. The van der Waals surface area contributed by atoms with Gasteiger partial charge in [-0.1, -0.05) is 0 Å². The van der Waals surface area contributed by atoms with Crippen molar-refractivity contribution in [2.24, 2.45) is 12.9 Å². The summed E-state index contributed by atoms with van der Waals surface area (Å²) in [5.74, 6) is 7.72. The number of ether oxygens (including phenoxy) is 1. The van der Waals surface area contributed by atoms with Crippen LogP contribution in [0.3, 0.4) is 0 Å². The molecule has 7 nitrogen and oxygen atoms in total. The van der Waals surface area contributed by atoms with Gasteiger partial charge in [-0.2, -0.15) is 16.9 Å². The normalized spacial score (nSPS) is 16.7. The molecule has 0 aliphatic carbocycles. The lowest BCUT2D eigenvalue weighted by atomic mass is 10.2. The molecule has 0 aromatic carbocycles. The van der Waals surface area contributed by atoms with E-state index in [9.17, 15) is 0 Å². The Morgan fingerprint density at radius 2 is 2.25 bits per heavy atom. The van der Waals surface area contributed by atoms with Crippen LogP contribution >= 0.6 is 11.8 Å². The van der Waals surface area contributed by atoms with Gasteiger partial charge in [0.15, 0.2) is 11.5 Å². The Balaban J connectivity index is 1.78. The van der Waals surface area contributed by atoms with Gasteiger partial charge in [-0.25, -0.2) is 15.8 Å². The summed E-state index contributed by atoms with van der Waals surface area (Å²) in [4.78, 5) is 9.03. The second-order valence-electron chi connectivity index (χ2n) is 4.76. The summed E-state index contributed by atoms with van der Waals surface area (Å²) in [6, 6.07) is 0. The SMILES string of the molecule is Cn1ncc2c(NN)nc(CSC3CCOCC3)nc21. The number of aromatic nitrogens is 4. The molecule has 1 aliphatic heterocycles. The number of hydrogen-bond acceptors (Lipinski definition) is 7. The minimum Gasteiger partial charge on any atom is -0.381 e. The molecule has 3 heterocycles. The molecule has 8 heteroatoms. The molecule has 108 valence electrons. The van der Waals surface area contributed by atoms with Crippen molar-refractivity contribution in [3.63, 3.8) is 0 Å². The third kappa shape index (κ3) is 2.72. The highest BCUT2D eigenvalue weighted by molar-refractivity contribution is 7.99. The lowest BCUT2D eigenvalue weighted by molar-refractivity contribution is 0.1000. The summed E-state index contributed by atoms with van der Waals surface area (Å²) < 4.78 is 7.11. The summed E-state index contributed by atoms with van der Waals surface area (Å²) in [6.45, 7) is 1.71. The minimum atomic E-state index is 0.629. The Morgan fingerprint density at radius 1 is 1.45 bits per heavy atom. The summed E-state index contributed by atoms with van der Waals surface area (Å²) in [6.07, 6.45) is 3.92. The number of aryl methyl sites for hydroxylation is 1. The molecule has 1 fully saturated rings. The van der Waals surface area contributed by atoms with E-state index in [0.29, 0.717) is 11.1 Å². The lowest BCUT2D eigenvalue weighted by Crippen LogP contribution is -2.18. The van der Waals surface area contributed by atoms with Gasteiger partial charge in [0, 0.05) is 25.5 Å². The van der Waals surface area contributed by atoms with Crippen LogP contribution in [-0.4, -0.2) is 38.2 Å². The smallest absolute Gasteiger partial charge is 0.163 e. The zero-order valence-corrected chi connectivity index (χ0v) is 12.2. The maximum Gasteiger partial charge on any atom is 0.163 e. The number of thioether (sulfide) groups is 1. The largest absolute Gasteiger partial charge is 0.381 e. The fourth-order valence-corrected chi connectivity index (χ4v) is 3.32. The number of nitrogens with two attached hydrogens (primary N) is 1. The van der Waals surface area contributed by atoms with Gasteiger partial charge in [-0.15, -0.1) is 0 Å². The van der Waals surface area contributed by atoms with E-state index in [1.807, 2.05) is 18.8 Å². The fraction of sp³-hybridized carbons (Fsp3) is 0.583. The van der Waals surface area contributed by atoms with Crippen molar-refractivity contribution in [1.82, 2.24) is 19.7 Å². The monoisotopic (exact) mass is 294 g/mol. The Hall–Kier alpha value is -1.38. The molecule has 0 atom stereocenters. The molecule has 0 unspecified atom stereocenters. The molecule has 1 aliphatic rings. The van der Waals surface area contributed by atoms with Gasteiger partial charge in [0.2, 0.25) is 0 Å². The maximum absolute atomic E-state index is 5.53. The van der Waals surface area contributed by atoms with Crippen molar-refractivity contribution in [2.75, 3.05) is 18.6 Å². The zero-order valence-electron chi connectivity index (χ0n) is 11.4. The molecule has 3 rings (SSSR count). The van der Waals surface area contributed by atoms with Crippen molar-refractivity contribution < 1.29 is 4.74 Å². The summed E-state index contributed by atoms with van der Waals surface area (Å²) in [5.41, 5.74) is 3.43. The van der Waals surface area contributed by atoms with Crippen molar-refractivity contribution in [2.45, 2.75) is 23.8 Å². The molecule has 2 aromatic heterocycles. The van der Waals surface area contributed by atoms with Gasteiger partial charge in [-0.05, 0) is 12.8 Å². The Morgan fingerprint density at radius 3 is 3.00 bits per heavy atom. The first kappa shape index (κ1) is 13.6. The van der Waals surface area contributed by atoms with Gasteiger partial charge < -0.3 is 10.2 Å². The van der Waals surface area contributed by atoms with Crippen LogP contribution in [-0.2, 0) is 17.5 Å². The number of hydrazine groups is 1. The average Bonchev–Trinajstić information content (AvgIpc) is 2.87. The van der Waals surface area contributed by atoms with Crippen molar-refractivity contribution in [1.29, 1.82) is 0 Å². The summed E-state index contributed by atoms with van der Waals surface area (Å²) >= 11 is 1.88. The van der Waals surface area contributed by atoms with E-state index < -0.39 is 0 Å². The number of fused-ring (bicyclic) bond motifs is 1. The van der Waals surface area contributed by atoms with Crippen LogP contribution in [0.4, 0.5) is 5.82 Å². The summed E-state index contributed by atoms with van der Waals surface area (Å²) in [7, 11) is 1.87. The Labute approximate surface area is 121 Å². The van der Waals surface area contributed by atoms with Crippen LogP contribution in [0.2, 0.25) is 0 Å². The molecular weight excluding hydrogens is 276 g/mol. The number of hydrogen-bond donors (Lipinski definition) is 2. The fourth-order valence-electron chi connectivity index (χ4n) is 2.28. The predicted octanol–water partition coefficient (Wildman–Crippen LogP) is 1.06. The van der Waals surface area contributed by atoms with Crippen molar-refractivity contribution >= 4 is 28.6 Å². The summed E-state index contributed by atoms with van der Waals surface area (Å²) in [5, 5.41) is 5.66.